The average Bonchev–Trinajstić information content (AvgIpc) is 2.63. The SMILES string of the molecule is COc1cccc(Cl)c1Cn1ncc(Br)c1N. The van der Waals surface area contributed by atoms with E-state index in [-0.39, 0.29) is 0 Å². The van der Waals surface area contributed by atoms with Gasteiger partial charge in [0.15, 0.2) is 0 Å². The quantitative estimate of drug-likeness (QED) is 0.947. The number of hydrogen-bond donors (Lipinski definition) is 1. The van der Waals surface area contributed by atoms with E-state index in [0.717, 1.165) is 15.8 Å². The van der Waals surface area contributed by atoms with Gasteiger partial charge in [-0.3, -0.25) is 0 Å². The molecule has 0 aliphatic heterocycles. The van der Waals surface area contributed by atoms with E-state index in [1.807, 2.05) is 18.2 Å². The van der Waals surface area contributed by atoms with Gasteiger partial charge in [-0.05, 0) is 28.1 Å². The molecule has 0 atom stereocenters. The van der Waals surface area contributed by atoms with Crippen molar-refractivity contribution in [3.8, 4) is 5.75 Å². The molecule has 6 heteroatoms. The second kappa shape index (κ2) is 4.98. The number of aromatic nitrogens is 2. The second-order valence-corrected chi connectivity index (χ2v) is 4.72. The monoisotopic (exact) mass is 315 g/mol. The number of hydrogen-bond acceptors (Lipinski definition) is 3. The fourth-order valence-electron chi connectivity index (χ4n) is 1.53. The summed E-state index contributed by atoms with van der Waals surface area (Å²) in [6.07, 6.45) is 1.65. The summed E-state index contributed by atoms with van der Waals surface area (Å²) in [7, 11) is 1.61. The smallest absolute Gasteiger partial charge is 0.136 e. The van der Waals surface area contributed by atoms with Crippen LogP contribution in [0.2, 0.25) is 5.02 Å². The first kappa shape index (κ1) is 12.3. The van der Waals surface area contributed by atoms with E-state index in [2.05, 4.69) is 21.0 Å². The average molecular weight is 317 g/mol. The lowest BCUT2D eigenvalue weighted by Crippen LogP contribution is -2.07. The van der Waals surface area contributed by atoms with E-state index in [0.29, 0.717) is 17.4 Å². The van der Waals surface area contributed by atoms with Crippen molar-refractivity contribution in [3.05, 3.63) is 39.5 Å². The van der Waals surface area contributed by atoms with E-state index < -0.39 is 0 Å². The first-order valence-electron chi connectivity index (χ1n) is 4.91. The maximum atomic E-state index is 6.14. The summed E-state index contributed by atoms with van der Waals surface area (Å²) in [6.45, 7) is 0.473. The highest BCUT2D eigenvalue weighted by Gasteiger charge is 2.11. The minimum Gasteiger partial charge on any atom is -0.496 e. The van der Waals surface area contributed by atoms with Crippen molar-refractivity contribution in [1.29, 1.82) is 0 Å². The van der Waals surface area contributed by atoms with Gasteiger partial charge in [-0.2, -0.15) is 5.10 Å². The number of nitrogens with zero attached hydrogens (tertiary/aromatic N) is 2. The van der Waals surface area contributed by atoms with Crippen LogP contribution in [-0.4, -0.2) is 16.9 Å². The number of rotatable bonds is 3. The van der Waals surface area contributed by atoms with Crippen molar-refractivity contribution in [2.24, 2.45) is 0 Å². The Balaban J connectivity index is 2.39. The molecule has 1 aromatic carbocycles. The van der Waals surface area contributed by atoms with Gasteiger partial charge in [0.25, 0.3) is 0 Å². The number of nitrogen functional groups attached to an aromatic ring is 1. The Labute approximate surface area is 112 Å². The van der Waals surface area contributed by atoms with E-state index in [1.54, 1.807) is 18.0 Å². The van der Waals surface area contributed by atoms with Gasteiger partial charge in [0.1, 0.15) is 11.6 Å². The van der Waals surface area contributed by atoms with Crippen LogP contribution in [0, 0.1) is 0 Å². The highest BCUT2D eigenvalue weighted by atomic mass is 79.9. The molecule has 0 fully saturated rings. The van der Waals surface area contributed by atoms with Crippen LogP contribution >= 0.6 is 27.5 Å². The molecule has 1 aromatic heterocycles. The maximum Gasteiger partial charge on any atom is 0.136 e. The van der Waals surface area contributed by atoms with Gasteiger partial charge in [0.05, 0.1) is 24.3 Å². The Morgan fingerprint density at radius 2 is 2.29 bits per heavy atom. The third-order valence-corrected chi connectivity index (χ3v) is 3.40. The Morgan fingerprint density at radius 1 is 1.53 bits per heavy atom. The van der Waals surface area contributed by atoms with Gasteiger partial charge in [0, 0.05) is 10.6 Å². The standard InChI is InChI=1S/C11H11BrClN3O/c1-17-10-4-2-3-9(13)7(10)6-16-11(14)8(12)5-15-16/h2-5H,6,14H2,1H3. The number of nitrogens with two attached hydrogens (primary N) is 1. The molecular weight excluding hydrogens is 305 g/mol. The summed E-state index contributed by atoms with van der Waals surface area (Å²) >= 11 is 9.45. The molecule has 0 saturated carbocycles. The van der Waals surface area contributed by atoms with Gasteiger partial charge in [0.2, 0.25) is 0 Å². The van der Waals surface area contributed by atoms with Crippen molar-refractivity contribution >= 4 is 33.3 Å². The van der Waals surface area contributed by atoms with Crippen molar-refractivity contribution in [2.45, 2.75) is 6.54 Å². The van der Waals surface area contributed by atoms with Crippen molar-refractivity contribution in [3.63, 3.8) is 0 Å². The Bertz CT molecular complexity index is 542. The summed E-state index contributed by atoms with van der Waals surface area (Å²) in [4.78, 5) is 0. The fraction of sp³-hybridized carbons (Fsp3) is 0.182. The molecule has 90 valence electrons. The third kappa shape index (κ3) is 2.40. The van der Waals surface area contributed by atoms with Crippen molar-refractivity contribution in [2.75, 3.05) is 12.8 Å². The van der Waals surface area contributed by atoms with Gasteiger partial charge in [-0.1, -0.05) is 17.7 Å². The molecule has 2 N–H and O–H groups in total. The fourth-order valence-corrected chi connectivity index (χ4v) is 2.05. The molecule has 2 aromatic rings. The zero-order valence-electron chi connectivity index (χ0n) is 9.15. The lowest BCUT2D eigenvalue weighted by atomic mass is 10.2. The summed E-state index contributed by atoms with van der Waals surface area (Å²) < 4.78 is 7.69. The third-order valence-electron chi connectivity index (χ3n) is 2.44. The first-order valence-corrected chi connectivity index (χ1v) is 6.08. The molecule has 2 rings (SSSR count). The van der Waals surface area contributed by atoms with Crippen LogP contribution in [0.25, 0.3) is 0 Å². The maximum absolute atomic E-state index is 6.14. The lowest BCUT2D eigenvalue weighted by molar-refractivity contribution is 0.407. The van der Waals surface area contributed by atoms with Gasteiger partial charge in [-0.15, -0.1) is 0 Å². The normalized spacial score (nSPS) is 10.5. The topological polar surface area (TPSA) is 53.1 Å². The van der Waals surface area contributed by atoms with Crippen LogP contribution in [0.4, 0.5) is 5.82 Å². The Hall–Kier alpha value is -1.20. The predicted octanol–water partition coefficient (Wildman–Crippen LogP) is 2.94. The van der Waals surface area contributed by atoms with Crippen LogP contribution in [-0.2, 0) is 6.54 Å². The van der Waals surface area contributed by atoms with E-state index >= 15 is 0 Å². The molecule has 0 unspecified atom stereocenters. The molecule has 0 aliphatic rings. The largest absolute Gasteiger partial charge is 0.496 e. The van der Waals surface area contributed by atoms with Crippen LogP contribution < -0.4 is 10.5 Å². The molecule has 4 nitrogen and oxygen atoms in total. The summed E-state index contributed by atoms with van der Waals surface area (Å²) in [6, 6.07) is 5.51. The van der Waals surface area contributed by atoms with Crippen LogP contribution in [0.1, 0.15) is 5.56 Å². The minimum atomic E-state index is 0.473. The summed E-state index contributed by atoms with van der Waals surface area (Å²) in [5.41, 5.74) is 6.72. The van der Waals surface area contributed by atoms with E-state index in [1.165, 1.54) is 0 Å². The lowest BCUT2D eigenvalue weighted by Gasteiger charge is -2.11. The van der Waals surface area contributed by atoms with Gasteiger partial charge < -0.3 is 10.5 Å². The summed E-state index contributed by atoms with van der Waals surface area (Å²) in [5, 5.41) is 4.79. The molecule has 0 radical (unpaired) electrons. The van der Waals surface area contributed by atoms with Crippen molar-refractivity contribution < 1.29 is 4.74 Å². The zero-order valence-corrected chi connectivity index (χ0v) is 11.5. The van der Waals surface area contributed by atoms with E-state index in [4.69, 9.17) is 22.1 Å². The number of methoxy groups -OCH3 is 1. The highest BCUT2D eigenvalue weighted by Crippen LogP contribution is 2.28. The zero-order chi connectivity index (χ0) is 12.4. The Morgan fingerprint density at radius 3 is 2.88 bits per heavy atom. The molecule has 0 spiro atoms. The first-order chi connectivity index (χ1) is 8.13. The number of halogens is 2. The molecule has 0 bridgehead atoms. The van der Waals surface area contributed by atoms with E-state index in [9.17, 15) is 0 Å². The molecule has 17 heavy (non-hydrogen) atoms. The molecule has 0 aliphatic carbocycles. The summed E-state index contributed by atoms with van der Waals surface area (Å²) in [5.74, 6) is 1.29. The second-order valence-electron chi connectivity index (χ2n) is 3.46. The molecule has 0 amide bonds. The minimum absolute atomic E-state index is 0.473. The number of benzene rings is 1. The molecule has 0 saturated heterocycles. The predicted molar refractivity (Wildman–Crippen MR) is 71.4 cm³/mol. The number of ether oxygens (including phenoxy) is 1. The van der Waals surface area contributed by atoms with Gasteiger partial charge in [-0.25, -0.2) is 4.68 Å². The number of anilines is 1. The van der Waals surface area contributed by atoms with Crippen LogP contribution in [0.15, 0.2) is 28.9 Å². The van der Waals surface area contributed by atoms with Crippen LogP contribution in [0.5, 0.6) is 5.75 Å². The molecule has 1 heterocycles. The van der Waals surface area contributed by atoms with Crippen molar-refractivity contribution in [1.82, 2.24) is 9.78 Å². The van der Waals surface area contributed by atoms with Gasteiger partial charge >= 0.3 is 0 Å². The van der Waals surface area contributed by atoms with Crippen LogP contribution in [0.3, 0.4) is 0 Å². The molecular formula is C11H11BrClN3O. The Kier molecular flexibility index (Phi) is 3.59. The highest BCUT2D eigenvalue weighted by molar-refractivity contribution is 9.10.